The van der Waals surface area contributed by atoms with Gasteiger partial charge in [0.2, 0.25) is 0 Å². The van der Waals surface area contributed by atoms with Gasteiger partial charge in [0.05, 0.1) is 12.2 Å². The summed E-state index contributed by atoms with van der Waals surface area (Å²) in [6.45, 7) is 9.27. The lowest BCUT2D eigenvalue weighted by Gasteiger charge is -2.19. The minimum Gasteiger partial charge on any atom is -0.462 e. The molecule has 0 unspecified atom stereocenters. The molecule has 0 aliphatic heterocycles. The molecule has 5 nitrogen and oxygen atoms in total. The predicted molar refractivity (Wildman–Crippen MR) is 79.2 cm³/mol. The van der Waals surface area contributed by atoms with Crippen molar-refractivity contribution in [3.63, 3.8) is 0 Å². The van der Waals surface area contributed by atoms with Gasteiger partial charge < -0.3 is 15.2 Å². The summed E-state index contributed by atoms with van der Waals surface area (Å²) in [5, 5.41) is 0.282. The number of ether oxygens (including phenoxy) is 2. The molecule has 0 spiro atoms. The lowest BCUT2D eigenvalue weighted by Crippen LogP contribution is -2.23. The Balaban J connectivity index is 3.03. The Hall–Kier alpha value is -1.56. The van der Waals surface area contributed by atoms with Gasteiger partial charge in [0.15, 0.2) is 0 Å². The summed E-state index contributed by atoms with van der Waals surface area (Å²) >= 11 is 1.05. The van der Waals surface area contributed by atoms with Crippen LogP contribution in [0.5, 0.6) is 0 Å². The fourth-order valence-corrected chi connectivity index (χ4v) is 2.51. The second-order valence-electron chi connectivity index (χ2n) is 5.43. The highest BCUT2D eigenvalue weighted by atomic mass is 32.1. The van der Waals surface area contributed by atoms with E-state index in [-0.39, 0.29) is 10.6 Å². The van der Waals surface area contributed by atoms with Crippen molar-refractivity contribution in [3.8, 4) is 0 Å². The normalized spacial score (nSPS) is 11.2. The Morgan fingerprint density at radius 2 is 1.85 bits per heavy atom. The van der Waals surface area contributed by atoms with Gasteiger partial charge in [-0.1, -0.05) is 6.92 Å². The van der Waals surface area contributed by atoms with Crippen LogP contribution in [0.1, 0.15) is 59.7 Å². The van der Waals surface area contributed by atoms with Crippen LogP contribution in [0.3, 0.4) is 0 Å². The van der Waals surface area contributed by atoms with Crippen LogP contribution in [0.25, 0.3) is 0 Å². The Morgan fingerprint density at radius 3 is 2.35 bits per heavy atom. The SMILES string of the molecule is CCCOC(=O)c1c(N)sc(C(=O)OC(C)(C)C)c1C. The highest BCUT2D eigenvalue weighted by molar-refractivity contribution is 7.18. The number of rotatable bonds is 4. The molecular weight excluding hydrogens is 278 g/mol. The summed E-state index contributed by atoms with van der Waals surface area (Å²) in [7, 11) is 0. The van der Waals surface area contributed by atoms with Crippen LogP contribution in [0.4, 0.5) is 5.00 Å². The number of carbonyl (C=O) groups is 2. The van der Waals surface area contributed by atoms with E-state index < -0.39 is 17.5 Å². The number of nitrogen functional groups attached to an aromatic ring is 1. The van der Waals surface area contributed by atoms with E-state index in [9.17, 15) is 9.59 Å². The molecule has 0 saturated carbocycles. The monoisotopic (exact) mass is 299 g/mol. The van der Waals surface area contributed by atoms with Crippen molar-refractivity contribution in [1.29, 1.82) is 0 Å². The highest BCUT2D eigenvalue weighted by Gasteiger charge is 2.27. The summed E-state index contributed by atoms with van der Waals surface area (Å²) in [6, 6.07) is 0. The van der Waals surface area contributed by atoms with E-state index in [1.54, 1.807) is 27.7 Å². The standard InChI is InChI=1S/C14H21NO4S/c1-6-7-18-12(16)9-8(2)10(20-11(9)15)13(17)19-14(3,4)5/h6-7,15H2,1-5H3. The van der Waals surface area contributed by atoms with Gasteiger partial charge in [0.1, 0.15) is 15.5 Å². The first kappa shape index (κ1) is 16.5. The van der Waals surface area contributed by atoms with Crippen LogP contribution in [0.2, 0.25) is 0 Å². The summed E-state index contributed by atoms with van der Waals surface area (Å²) in [5.74, 6) is -0.964. The van der Waals surface area contributed by atoms with E-state index in [0.29, 0.717) is 17.0 Å². The summed E-state index contributed by atoms with van der Waals surface area (Å²) in [4.78, 5) is 24.3. The van der Waals surface area contributed by atoms with Gasteiger partial charge in [-0.25, -0.2) is 9.59 Å². The van der Waals surface area contributed by atoms with E-state index >= 15 is 0 Å². The maximum absolute atomic E-state index is 12.1. The average molecular weight is 299 g/mol. The summed E-state index contributed by atoms with van der Waals surface area (Å²) < 4.78 is 10.4. The molecule has 112 valence electrons. The van der Waals surface area contributed by atoms with E-state index in [1.807, 2.05) is 6.92 Å². The smallest absolute Gasteiger partial charge is 0.349 e. The number of anilines is 1. The molecule has 0 aromatic carbocycles. The zero-order chi connectivity index (χ0) is 15.5. The summed E-state index contributed by atoms with van der Waals surface area (Å²) in [5.41, 5.74) is 6.02. The van der Waals surface area contributed by atoms with Crippen molar-refractivity contribution < 1.29 is 19.1 Å². The second-order valence-corrected chi connectivity index (χ2v) is 6.49. The molecule has 1 aromatic heterocycles. The average Bonchev–Trinajstić information content (AvgIpc) is 2.60. The van der Waals surface area contributed by atoms with Crippen molar-refractivity contribution in [2.45, 2.75) is 46.6 Å². The fraction of sp³-hybridized carbons (Fsp3) is 0.571. The first-order valence-corrected chi connectivity index (χ1v) is 7.28. The van der Waals surface area contributed by atoms with Gasteiger partial charge in [0, 0.05) is 0 Å². The fourth-order valence-electron chi connectivity index (χ4n) is 1.58. The van der Waals surface area contributed by atoms with Crippen molar-refractivity contribution in [1.82, 2.24) is 0 Å². The molecule has 1 aromatic rings. The van der Waals surface area contributed by atoms with E-state index in [1.165, 1.54) is 0 Å². The molecule has 0 radical (unpaired) electrons. The van der Waals surface area contributed by atoms with E-state index in [4.69, 9.17) is 15.2 Å². The third-order valence-corrected chi connectivity index (χ3v) is 3.50. The molecule has 0 bridgehead atoms. The van der Waals surface area contributed by atoms with Gasteiger partial charge in [-0.05, 0) is 39.7 Å². The second kappa shape index (κ2) is 6.26. The third-order valence-electron chi connectivity index (χ3n) is 2.40. The Kier molecular flexibility index (Phi) is 5.16. The van der Waals surface area contributed by atoms with Crippen molar-refractivity contribution in [3.05, 3.63) is 16.0 Å². The Labute approximate surface area is 123 Å². The van der Waals surface area contributed by atoms with Gasteiger partial charge >= 0.3 is 11.9 Å². The Morgan fingerprint density at radius 1 is 1.25 bits per heavy atom. The maximum Gasteiger partial charge on any atom is 0.349 e. The van der Waals surface area contributed by atoms with E-state index in [0.717, 1.165) is 17.8 Å². The molecule has 0 aliphatic rings. The lowest BCUT2D eigenvalue weighted by atomic mass is 10.1. The minimum atomic E-state index is -0.592. The number of hydrogen-bond acceptors (Lipinski definition) is 6. The maximum atomic E-state index is 12.1. The predicted octanol–water partition coefficient (Wildman–Crippen LogP) is 3.16. The molecule has 6 heteroatoms. The largest absolute Gasteiger partial charge is 0.462 e. The first-order valence-electron chi connectivity index (χ1n) is 6.46. The molecule has 0 amide bonds. The number of thiophene rings is 1. The van der Waals surface area contributed by atoms with Crippen LogP contribution in [0.15, 0.2) is 0 Å². The quantitative estimate of drug-likeness (QED) is 0.864. The molecular formula is C14H21NO4S. The zero-order valence-corrected chi connectivity index (χ0v) is 13.3. The van der Waals surface area contributed by atoms with Crippen LogP contribution in [-0.4, -0.2) is 24.1 Å². The van der Waals surface area contributed by atoms with E-state index in [2.05, 4.69) is 0 Å². The molecule has 0 aliphatic carbocycles. The molecule has 1 rings (SSSR count). The zero-order valence-electron chi connectivity index (χ0n) is 12.5. The van der Waals surface area contributed by atoms with Gasteiger partial charge in [-0.3, -0.25) is 0 Å². The molecule has 20 heavy (non-hydrogen) atoms. The Bertz CT molecular complexity index is 514. The number of nitrogens with two attached hydrogens (primary N) is 1. The molecule has 2 N–H and O–H groups in total. The first-order chi connectivity index (χ1) is 9.17. The number of hydrogen-bond donors (Lipinski definition) is 1. The molecule has 0 saturated heterocycles. The van der Waals surface area contributed by atoms with Crippen LogP contribution < -0.4 is 5.73 Å². The minimum absolute atomic E-state index is 0.268. The molecule has 0 fully saturated rings. The molecule has 1 heterocycles. The number of carbonyl (C=O) groups excluding carboxylic acids is 2. The van der Waals surface area contributed by atoms with Gasteiger partial charge in [-0.2, -0.15) is 0 Å². The van der Waals surface area contributed by atoms with Gasteiger partial charge in [0.25, 0.3) is 0 Å². The van der Waals surface area contributed by atoms with Crippen molar-refractivity contribution in [2.24, 2.45) is 0 Å². The van der Waals surface area contributed by atoms with Crippen LogP contribution in [0, 0.1) is 6.92 Å². The highest BCUT2D eigenvalue weighted by Crippen LogP contribution is 2.32. The molecule has 0 atom stereocenters. The van der Waals surface area contributed by atoms with Crippen LogP contribution in [-0.2, 0) is 9.47 Å². The van der Waals surface area contributed by atoms with Gasteiger partial charge in [-0.15, -0.1) is 11.3 Å². The lowest BCUT2D eigenvalue weighted by molar-refractivity contribution is 0.00745. The number of esters is 2. The van der Waals surface area contributed by atoms with Crippen molar-refractivity contribution >= 4 is 28.3 Å². The third kappa shape index (κ3) is 3.96. The summed E-state index contributed by atoms with van der Waals surface area (Å²) in [6.07, 6.45) is 0.730. The van der Waals surface area contributed by atoms with Crippen molar-refractivity contribution in [2.75, 3.05) is 12.3 Å². The topological polar surface area (TPSA) is 78.6 Å². The van der Waals surface area contributed by atoms with Crippen LogP contribution >= 0.6 is 11.3 Å².